The first-order valence-corrected chi connectivity index (χ1v) is 7.15. The highest BCUT2D eigenvalue weighted by Crippen LogP contribution is 2.13. The maximum atomic E-state index is 11.7. The topological polar surface area (TPSA) is 70.7 Å². The van der Waals surface area contributed by atoms with Gasteiger partial charge in [0.05, 0.1) is 0 Å². The lowest BCUT2D eigenvalue weighted by Gasteiger charge is -2.01. The summed E-state index contributed by atoms with van der Waals surface area (Å²) in [4.78, 5) is 15.9. The van der Waals surface area contributed by atoms with Crippen molar-refractivity contribution in [3.05, 3.63) is 35.9 Å². The molecule has 0 bridgehead atoms. The summed E-state index contributed by atoms with van der Waals surface area (Å²) in [6.07, 6.45) is 1.15. The van der Waals surface area contributed by atoms with Gasteiger partial charge in [0.25, 0.3) is 0 Å². The van der Waals surface area contributed by atoms with Crippen LogP contribution in [0.4, 0.5) is 5.95 Å². The van der Waals surface area contributed by atoms with Gasteiger partial charge in [-0.2, -0.15) is 4.98 Å². The van der Waals surface area contributed by atoms with Gasteiger partial charge in [0.2, 0.25) is 17.0 Å². The van der Waals surface area contributed by atoms with E-state index in [1.54, 1.807) is 0 Å². The second kappa shape index (κ2) is 6.94. The van der Waals surface area contributed by atoms with E-state index < -0.39 is 0 Å². The number of benzene rings is 1. The number of carbonyl (C=O) groups excluding carboxylic acids is 1. The number of amides is 1. The number of aryl methyl sites for hydroxylation is 1. The number of aromatic amines is 1. The van der Waals surface area contributed by atoms with Gasteiger partial charge < -0.3 is 0 Å². The lowest BCUT2D eigenvalue weighted by Crippen LogP contribution is -2.13. The Labute approximate surface area is 116 Å². The van der Waals surface area contributed by atoms with Gasteiger partial charge in [-0.05, 0) is 17.7 Å². The molecule has 2 aromatic rings. The van der Waals surface area contributed by atoms with Crippen LogP contribution in [-0.2, 0) is 11.2 Å². The minimum Gasteiger partial charge on any atom is -0.295 e. The fourth-order valence-electron chi connectivity index (χ4n) is 1.59. The first kappa shape index (κ1) is 13.6. The third kappa shape index (κ3) is 4.40. The van der Waals surface area contributed by atoms with E-state index in [9.17, 15) is 4.79 Å². The van der Waals surface area contributed by atoms with E-state index in [0.29, 0.717) is 17.5 Å². The Hall–Kier alpha value is -1.82. The molecule has 0 aliphatic rings. The molecule has 0 aliphatic heterocycles. The lowest BCUT2D eigenvalue weighted by atomic mass is 10.1. The smallest absolute Gasteiger partial charge is 0.227 e. The van der Waals surface area contributed by atoms with Crippen LogP contribution in [0.2, 0.25) is 0 Å². The molecular weight excluding hydrogens is 260 g/mol. The molecule has 1 aromatic heterocycles. The Morgan fingerprint density at radius 1 is 1.37 bits per heavy atom. The Balaban J connectivity index is 1.80. The molecule has 5 nitrogen and oxygen atoms in total. The number of nitrogens with one attached hydrogen (secondary N) is 2. The Kier molecular flexibility index (Phi) is 4.97. The van der Waals surface area contributed by atoms with Gasteiger partial charge in [0.1, 0.15) is 0 Å². The van der Waals surface area contributed by atoms with Crippen LogP contribution in [0.3, 0.4) is 0 Å². The SMILES string of the molecule is CCSc1n[nH]c(NC(=O)CCc2ccccc2)n1. The minimum absolute atomic E-state index is 0.0620. The summed E-state index contributed by atoms with van der Waals surface area (Å²) >= 11 is 1.53. The van der Waals surface area contributed by atoms with Crippen molar-refractivity contribution in [2.45, 2.75) is 24.9 Å². The van der Waals surface area contributed by atoms with Crippen molar-refractivity contribution in [3.63, 3.8) is 0 Å². The number of H-pyrrole nitrogens is 1. The van der Waals surface area contributed by atoms with Crippen molar-refractivity contribution in [3.8, 4) is 0 Å². The number of rotatable bonds is 6. The highest BCUT2D eigenvalue weighted by Gasteiger charge is 2.07. The van der Waals surface area contributed by atoms with Crippen LogP contribution >= 0.6 is 11.8 Å². The van der Waals surface area contributed by atoms with Crippen molar-refractivity contribution in [2.75, 3.05) is 11.1 Å². The number of carbonyl (C=O) groups is 1. The predicted octanol–water partition coefficient (Wildman–Crippen LogP) is 2.49. The zero-order chi connectivity index (χ0) is 13.5. The van der Waals surface area contributed by atoms with Crippen LogP contribution < -0.4 is 5.32 Å². The number of thioether (sulfide) groups is 1. The summed E-state index contributed by atoms with van der Waals surface area (Å²) in [5.41, 5.74) is 1.15. The van der Waals surface area contributed by atoms with Crippen LogP contribution in [0.25, 0.3) is 0 Å². The zero-order valence-electron chi connectivity index (χ0n) is 10.7. The predicted molar refractivity (Wildman–Crippen MR) is 76.2 cm³/mol. The average Bonchev–Trinajstić information content (AvgIpc) is 2.85. The first-order valence-electron chi connectivity index (χ1n) is 6.17. The average molecular weight is 276 g/mol. The van der Waals surface area contributed by atoms with Crippen LogP contribution in [0.15, 0.2) is 35.5 Å². The van der Waals surface area contributed by atoms with Crippen LogP contribution in [0.5, 0.6) is 0 Å². The summed E-state index contributed by atoms with van der Waals surface area (Å²) in [6.45, 7) is 2.03. The fraction of sp³-hybridized carbons (Fsp3) is 0.308. The van der Waals surface area contributed by atoms with E-state index >= 15 is 0 Å². The van der Waals surface area contributed by atoms with Crippen molar-refractivity contribution in [2.24, 2.45) is 0 Å². The molecule has 0 unspecified atom stereocenters. The number of nitrogens with zero attached hydrogens (tertiary/aromatic N) is 2. The maximum absolute atomic E-state index is 11.7. The number of anilines is 1. The molecule has 0 fully saturated rings. The second-order valence-electron chi connectivity index (χ2n) is 3.93. The molecule has 19 heavy (non-hydrogen) atoms. The van der Waals surface area contributed by atoms with Crippen molar-refractivity contribution >= 4 is 23.6 Å². The maximum Gasteiger partial charge on any atom is 0.227 e. The molecule has 2 rings (SSSR count). The molecule has 0 atom stereocenters. The molecule has 0 spiro atoms. The molecule has 1 aromatic carbocycles. The summed E-state index contributed by atoms with van der Waals surface area (Å²) in [7, 11) is 0. The first-order chi connectivity index (χ1) is 9.28. The highest BCUT2D eigenvalue weighted by atomic mass is 32.2. The van der Waals surface area contributed by atoms with E-state index in [1.165, 1.54) is 11.8 Å². The monoisotopic (exact) mass is 276 g/mol. The van der Waals surface area contributed by atoms with E-state index in [1.807, 2.05) is 37.3 Å². The van der Waals surface area contributed by atoms with Crippen molar-refractivity contribution < 1.29 is 4.79 Å². The Morgan fingerprint density at radius 2 is 2.16 bits per heavy atom. The largest absolute Gasteiger partial charge is 0.295 e. The van der Waals surface area contributed by atoms with E-state index in [4.69, 9.17) is 0 Å². The van der Waals surface area contributed by atoms with Gasteiger partial charge in [0.15, 0.2) is 0 Å². The number of hydrogen-bond donors (Lipinski definition) is 2. The van der Waals surface area contributed by atoms with Gasteiger partial charge in [0, 0.05) is 6.42 Å². The standard InChI is InChI=1S/C13H16N4OS/c1-2-19-13-15-12(16-17-13)14-11(18)9-8-10-6-4-3-5-7-10/h3-7H,2,8-9H2,1H3,(H2,14,15,16,17,18). The quantitative estimate of drug-likeness (QED) is 0.795. The summed E-state index contributed by atoms with van der Waals surface area (Å²) in [5, 5.41) is 10.1. The lowest BCUT2D eigenvalue weighted by molar-refractivity contribution is -0.116. The second-order valence-corrected chi connectivity index (χ2v) is 5.16. The number of hydrogen-bond acceptors (Lipinski definition) is 4. The van der Waals surface area contributed by atoms with Gasteiger partial charge in [-0.3, -0.25) is 10.1 Å². The summed E-state index contributed by atoms with van der Waals surface area (Å²) in [6, 6.07) is 9.93. The van der Waals surface area contributed by atoms with Crippen LogP contribution in [0.1, 0.15) is 18.9 Å². The molecule has 6 heteroatoms. The van der Waals surface area contributed by atoms with E-state index in [0.717, 1.165) is 17.7 Å². The van der Waals surface area contributed by atoms with Gasteiger partial charge in [-0.1, -0.05) is 49.0 Å². The molecule has 100 valence electrons. The Bertz CT molecular complexity index is 526. The van der Waals surface area contributed by atoms with Gasteiger partial charge >= 0.3 is 0 Å². The van der Waals surface area contributed by atoms with Crippen molar-refractivity contribution in [1.82, 2.24) is 15.2 Å². The van der Waals surface area contributed by atoms with Crippen molar-refractivity contribution in [1.29, 1.82) is 0 Å². The normalized spacial score (nSPS) is 10.4. The van der Waals surface area contributed by atoms with Gasteiger partial charge in [-0.25, -0.2) is 5.10 Å². The highest BCUT2D eigenvalue weighted by molar-refractivity contribution is 7.99. The fourth-order valence-corrected chi connectivity index (χ4v) is 2.12. The summed E-state index contributed by atoms with van der Waals surface area (Å²) in [5.74, 6) is 1.25. The molecule has 1 amide bonds. The molecule has 0 saturated carbocycles. The van der Waals surface area contributed by atoms with E-state index in [2.05, 4.69) is 20.5 Å². The molecular formula is C13H16N4OS. The third-order valence-electron chi connectivity index (χ3n) is 2.48. The minimum atomic E-state index is -0.0620. The van der Waals surface area contributed by atoms with Gasteiger partial charge in [-0.15, -0.1) is 5.10 Å². The Morgan fingerprint density at radius 3 is 2.89 bits per heavy atom. The van der Waals surface area contributed by atoms with E-state index in [-0.39, 0.29) is 5.91 Å². The summed E-state index contributed by atoms with van der Waals surface area (Å²) < 4.78 is 0. The van der Waals surface area contributed by atoms with Crippen LogP contribution in [0, 0.1) is 0 Å². The van der Waals surface area contributed by atoms with Crippen LogP contribution in [-0.4, -0.2) is 26.8 Å². The number of aromatic nitrogens is 3. The molecule has 0 aliphatic carbocycles. The molecule has 1 heterocycles. The molecule has 2 N–H and O–H groups in total. The molecule has 0 radical (unpaired) electrons. The third-order valence-corrected chi connectivity index (χ3v) is 3.21. The molecule has 0 saturated heterocycles. The zero-order valence-corrected chi connectivity index (χ0v) is 11.5.